The van der Waals surface area contributed by atoms with Crippen LogP contribution in [0.5, 0.6) is 0 Å². The Morgan fingerprint density at radius 3 is 1.21 bits per heavy atom. The molecule has 2 aromatic carbocycles. The van der Waals surface area contributed by atoms with E-state index in [9.17, 15) is 9.59 Å². The number of nitrogens with one attached hydrogen (secondary N) is 2. The van der Waals surface area contributed by atoms with E-state index in [1.807, 2.05) is 0 Å². The normalized spacial score (nSPS) is 19.1. The molecule has 8 heteroatoms. The smallest absolute Gasteiger partial charge is 0.254 e. The Hall–Kier alpha value is -1.46. The van der Waals surface area contributed by atoms with E-state index in [1.54, 1.807) is 36.4 Å². The highest BCUT2D eigenvalue weighted by Gasteiger charge is 2.26. The number of carbonyl (C=O) groups excluding carboxylic acids is 2. The van der Waals surface area contributed by atoms with Gasteiger partial charge in [-0.1, -0.05) is 58.5 Å². The van der Waals surface area contributed by atoms with E-state index in [4.69, 9.17) is 46.4 Å². The van der Waals surface area contributed by atoms with E-state index in [0.717, 1.165) is 25.7 Å². The Morgan fingerprint density at radius 2 is 0.929 bits per heavy atom. The van der Waals surface area contributed by atoms with Crippen LogP contribution >= 0.6 is 46.4 Å². The summed E-state index contributed by atoms with van der Waals surface area (Å²) in [6.45, 7) is 0. The van der Waals surface area contributed by atoms with Gasteiger partial charge in [-0.2, -0.15) is 0 Å². The Balaban J connectivity index is 1.55. The summed E-state index contributed by atoms with van der Waals surface area (Å²) >= 11 is 24.4. The number of benzene rings is 2. The zero-order valence-electron chi connectivity index (χ0n) is 14.8. The van der Waals surface area contributed by atoms with Crippen LogP contribution in [0, 0.1) is 0 Å². The van der Waals surface area contributed by atoms with Crippen molar-refractivity contribution >= 4 is 58.2 Å². The molecule has 0 unspecified atom stereocenters. The van der Waals surface area contributed by atoms with Gasteiger partial charge in [-0.05, 0) is 49.9 Å². The first-order chi connectivity index (χ1) is 13.4. The zero-order valence-corrected chi connectivity index (χ0v) is 17.8. The molecule has 0 aromatic heterocycles. The fourth-order valence-electron chi connectivity index (χ4n) is 3.33. The highest BCUT2D eigenvalue weighted by Crippen LogP contribution is 2.27. The second-order valence-electron chi connectivity index (χ2n) is 6.69. The molecule has 28 heavy (non-hydrogen) atoms. The number of hydrogen-bond donors (Lipinski definition) is 2. The molecule has 3 rings (SSSR count). The van der Waals surface area contributed by atoms with Crippen molar-refractivity contribution in [3.63, 3.8) is 0 Å². The first kappa shape index (κ1) is 21.3. The summed E-state index contributed by atoms with van der Waals surface area (Å²) in [6.07, 6.45) is 2.92. The largest absolute Gasteiger partial charge is 0.349 e. The molecule has 0 saturated heterocycles. The summed E-state index contributed by atoms with van der Waals surface area (Å²) in [5.41, 5.74) is 0.573. The van der Waals surface area contributed by atoms with Crippen molar-refractivity contribution in [3.05, 3.63) is 67.6 Å². The minimum absolute atomic E-state index is 0.00288. The second-order valence-corrected chi connectivity index (χ2v) is 8.32. The van der Waals surface area contributed by atoms with Crippen molar-refractivity contribution in [1.29, 1.82) is 0 Å². The summed E-state index contributed by atoms with van der Waals surface area (Å²) in [6, 6.07) is 9.92. The molecule has 0 heterocycles. The lowest BCUT2D eigenvalue weighted by Gasteiger charge is -2.30. The van der Waals surface area contributed by atoms with E-state index < -0.39 is 0 Å². The van der Waals surface area contributed by atoms with E-state index in [-0.39, 0.29) is 35.0 Å². The maximum absolute atomic E-state index is 12.5. The first-order valence-corrected chi connectivity index (χ1v) is 10.4. The molecule has 1 fully saturated rings. The average molecular weight is 460 g/mol. The third-order valence-corrected chi connectivity index (χ3v) is 6.04. The van der Waals surface area contributed by atoms with Gasteiger partial charge in [0.2, 0.25) is 0 Å². The van der Waals surface area contributed by atoms with Gasteiger partial charge >= 0.3 is 0 Å². The van der Waals surface area contributed by atoms with Gasteiger partial charge < -0.3 is 10.6 Å². The Kier molecular flexibility index (Phi) is 7.10. The molecule has 4 nitrogen and oxygen atoms in total. The minimum atomic E-state index is -0.286. The lowest BCUT2D eigenvalue weighted by molar-refractivity contribution is 0.0892. The van der Waals surface area contributed by atoms with E-state index in [2.05, 4.69) is 10.6 Å². The van der Waals surface area contributed by atoms with Crippen molar-refractivity contribution in [3.8, 4) is 0 Å². The Bertz CT molecular complexity index is 782. The van der Waals surface area contributed by atoms with Crippen LogP contribution in [0.2, 0.25) is 20.1 Å². The summed E-state index contributed by atoms with van der Waals surface area (Å²) in [5.74, 6) is -0.572. The van der Waals surface area contributed by atoms with Gasteiger partial charge in [-0.25, -0.2) is 0 Å². The number of carbonyl (C=O) groups is 2. The van der Waals surface area contributed by atoms with Crippen LogP contribution in [0.25, 0.3) is 0 Å². The third-order valence-electron chi connectivity index (χ3n) is 4.78. The van der Waals surface area contributed by atoms with Crippen molar-refractivity contribution in [2.75, 3.05) is 0 Å². The quantitative estimate of drug-likeness (QED) is 0.609. The molecule has 1 saturated carbocycles. The Labute approximate surface area is 183 Å². The summed E-state index contributed by atoms with van der Waals surface area (Å²) in [7, 11) is 0. The molecular formula is C20H18Cl4N2O2. The number of halogens is 4. The third kappa shape index (κ3) is 4.93. The number of hydrogen-bond acceptors (Lipinski definition) is 2. The summed E-state index contributed by atoms with van der Waals surface area (Å²) < 4.78 is 0. The van der Waals surface area contributed by atoms with Gasteiger partial charge in [0.15, 0.2) is 0 Å². The number of rotatable bonds is 4. The molecular weight excluding hydrogens is 442 g/mol. The number of amides is 2. The maximum Gasteiger partial charge on any atom is 0.254 e. The van der Waals surface area contributed by atoms with E-state index >= 15 is 0 Å². The summed E-state index contributed by atoms with van der Waals surface area (Å²) in [5, 5.41) is 7.24. The van der Waals surface area contributed by atoms with E-state index in [0.29, 0.717) is 20.1 Å². The van der Waals surface area contributed by atoms with Gasteiger partial charge in [0.05, 0.1) is 31.2 Å². The van der Waals surface area contributed by atoms with Crippen LogP contribution in [-0.4, -0.2) is 23.9 Å². The highest BCUT2D eigenvalue weighted by atomic mass is 35.5. The standard InChI is InChI=1S/C20H18Cl4N2O2/c21-13-3-1-4-14(22)17(13)19(27)25-11-7-9-12(10-8-11)26-20(28)18-15(23)5-2-6-16(18)24/h1-6,11-12H,7-10H2,(H,25,27)(H,26,28). The molecule has 0 radical (unpaired) electrons. The molecule has 2 amide bonds. The first-order valence-electron chi connectivity index (χ1n) is 8.86. The fourth-order valence-corrected chi connectivity index (χ4v) is 4.46. The molecule has 0 bridgehead atoms. The van der Waals surface area contributed by atoms with Crippen LogP contribution in [0.3, 0.4) is 0 Å². The predicted octanol–water partition coefficient (Wildman–Crippen LogP) is 5.77. The van der Waals surface area contributed by atoms with E-state index in [1.165, 1.54) is 0 Å². The monoisotopic (exact) mass is 458 g/mol. The van der Waals surface area contributed by atoms with Crippen LogP contribution < -0.4 is 10.6 Å². The molecule has 1 aliphatic carbocycles. The lowest BCUT2D eigenvalue weighted by atomic mass is 9.90. The topological polar surface area (TPSA) is 58.2 Å². The zero-order chi connectivity index (χ0) is 20.3. The fraction of sp³-hybridized carbons (Fsp3) is 0.300. The maximum atomic E-state index is 12.5. The van der Waals surface area contributed by atoms with Crippen molar-refractivity contribution in [2.24, 2.45) is 0 Å². The van der Waals surface area contributed by atoms with Gasteiger partial charge in [0.25, 0.3) is 11.8 Å². The molecule has 0 atom stereocenters. The van der Waals surface area contributed by atoms with Gasteiger partial charge in [-0.3, -0.25) is 9.59 Å². The Morgan fingerprint density at radius 1 is 0.643 bits per heavy atom. The van der Waals surface area contributed by atoms with Crippen molar-refractivity contribution in [1.82, 2.24) is 10.6 Å². The van der Waals surface area contributed by atoms with Crippen molar-refractivity contribution in [2.45, 2.75) is 37.8 Å². The van der Waals surface area contributed by atoms with Crippen LogP contribution in [-0.2, 0) is 0 Å². The molecule has 0 spiro atoms. The van der Waals surface area contributed by atoms with Crippen LogP contribution in [0.15, 0.2) is 36.4 Å². The lowest BCUT2D eigenvalue weighted by Crippen LogP contribution is -2.44. The SMILES string of the molecule is O=C(NC1CCC(NC(=O)c2c(Cl)cccc2Cl)CC1)c1c(Cl)cccc1Cl. The van der Waals surface area contributed by atoms with Gasteiger partial charge in [0, 0.05) is 12.1 Å². The summed E-state index contributed by atoms with van der Waals surface area (Å²) in [4.78, 5) is 25.0. The van der Waals surface area contributed by atoms with Gasteiger partial charge in [0.1, 0.15) is 0 Å². The predicted molar refractivity (Wildman–Crippen MR) is 114 cm³/mol. The highest BCUT2D eigenvalue weighted by molar-refractivity contribution is 6.40. The molecule has 1 aliphatic rings. The molecule has 2 aromatic rings. The van der Waals surface area contributed by atoms with Crippen LogP contribution in [0.4, 0.5) is 0 Å². The average Bonchev–Trinajstić information content (AvgIpc) is 2.63. The molecule has 148 valence electrons. The van der Waals surface area contributed by atoms with Crippen molar-refractivity contribution < 1.29 is 9.59 Å². The van der Waals surface area contributed by atoms with Crippen LogP contribution in [0.1, 0.15) is 46.4 Å². The molecule has 0 aliphatic heterocycles. The minimum Gasteiger partial charge on any atom is -0.349 e. The second kappa shape index (κ2) is 9.36. The molecule has 2 N–H and O–H groups in total. The van der Waals surface area contributed by atoms with Gasteiger partial charge in [-0.15, -0.1) is 0 Å².